The number of hydroxylamine groups is 2. The second-order valence-electron chi connectivity index (χ2n) is 7.51. The number of nitrogens with zero attached hydrogens (tertiary/aromatic N) is 5. The highest BCUT2D eigenvalue weighted by Crippen LogP contribution is 2.28. The molecule has 3 heterocycles. The van der Waals surface area contributed by atoms with E-state index in [1.165, 1.54) is 41.5 Å². The molecule has 4 rings (SSSR count). The summed E-state index contributed by atoms with van der Waals surface area (Å²) in [6.45, 7) is 2.86. The Hall–Kier alpha value is -3.80. The SMILES string of the molecule is CC(=O)NC[C@H]1CN(c2ccc(N3CCON(C(=O)c4cnccn4)CC3)c(F)c2)C(=O)O1. The van der Waals surface area contributed by atoms with E-state index < -0.39 is 23.9 Å². The van der Waals surface area contributed by atoms with Gasteiger partial charge in [-0.3, -0.25) is 24.3 Å². The number of cyclic esters (lactones) is 1. The summed E-state index contributed by atoms with van der Waals surface area (Å²) in [6.07, 6.45) is 3.14. The van der Waals surface area contributed by atoms with Crippen LogP contribution in [0.25, 0.3) is 0 Å². The maximum Gasteiger partial charge on any atom is 0.414 e. The van der Waals surface area contributed by atoms with Crippen molar-refractivity contribution >= 4 is 29.3 Å². The maximum absolute atomic E-state index is 15.0. The highest BCUT2D eigenvalue weighted by molar-refractivity contribution is 5.91. The molecule has 0 aliphatic carbocycles. The molecule has 33 heavy (non-hydrogen) atoms. The highest BCUT2D eigenvalue weighted by atomic mass is 19.1. The summed E-state index contributed by atoms with van der Waals surface area (Å²) in [7, 11) is 0. The number of aromatic nitrogens is 2. The molecule has 11 nitrogen and oxygen atoms in total. The molecule has 0 unspecified atom stereocenters. The summed E-state index contributed by atoms with van der Waals surface area (Å²) < 4.78 is 20.2. The van der Waals surface area contributed by atoms with Crippen molar-refractivity contribution in [2.45, 2.75) is 13.0 Å². The number of anilines is 2. The zero-order valence-corrected chi connectivity index (χ0v) is 17.9. The van der Waals surface area contributed by atoms with Crippen LogP contribution in [0.5, 0.6) is 0 Å². The Kier molecular flexibility index (Phi) is 6.63. The molecule has 2 saturated heterocycles. The molecule has 2 aliphatic heterocycles. The summed E-state index contributed by atoms with van der Waals surface area (Å²) in [5, 5.41) is 3.80. The fraction of sp³-hybridized carbons (Fsp3) is 0.381. The molecule has 2 aliphatic rings. The molecule has 2 aromatic rings. The number of amides is 3. The van der Waals surface area contributed by atoms with Crippen LogP contribution in [0.2, 0.25) is 0 Å². The number of ether oxygens (including phenoxy) is 1. The molecule has 1 atom stereocenters. The average molecular weight is 458 g/mol. The summed E-state index contributed by atoms with van der Waals surface area (Å²) in [5.74, 6) is -1.15. The van der Waals surface area contributed by atoms with Gasteiger partial charge >= 0.3 is 6.09 Å². The first-order valence-electron chi connectivity index (χ1n) is 10.4. The number of carbonyl (C=O) groups is 3. The van der Waals surface area contributed by atoms with E-state index in [2.05, 4.69) is 15.3 Å². The van der Waals surface area contributed by atoms with Crippen LogP contribution in [-0.2, 0) is 14.4 Å². The number of nitrogens with one attached hydrogen (secondary N) is 1. The Morgan fingerprint density at radius 3 is 2.82 bits per heavy atom. The number of benzene rings is 1. The summed E-state index contributed by atoms with van der Waals surface area (Å²) in [6, 6.07) is 4.49. The minimum absolute atomic E-state index is 0.163. The van der Waals surface area contributed by atoms with Gasteiger partial charge in [0.25, 0.3) is 5.91 Å². The van der Waals surface area contributed by atoms with E-state index in [0.717, 1.165) is 0 Å². The molecule has 1 aromatic carbocycles. The molecule has 0 bridgehead atoms. The average Bonchev–Trinajstić information content (AvgIpc) is 3.02. The standard InChI is InChI=1S/C21H23FN6O5/c1-14(29)25-11-16-13-27(21(31)33-16)15-2-3-19(17(22)10-15)26-6-7-28(32-9-8-26)20(30)18-12-23-4-5-24-18/h2-5,10,12,16H,6-9,11,13H2,1H3,(H,25,29)/t16-/m0/s1. The number of carbonyl (C=O) groups excluding carboxylic acids is 3. The van der Waals surface area contributed by atoms with Gasteiger partial charge < -0.3 is 15.0 Å². The Bertz CT molecular complexity index is 1040. The van der Waals surface area contributed by atoms with Crippen molar-refractivity contribution in [1.29, 1.82) is 0 Å². The first kappa shape index (κ1) is 22.4. The largest absolute Gasteiger partial charge is 0.442 e. The maximum atomic E-state index is 15.0. The molecule has 1 aromatic heterocycles. The second kappa shape index (κ2) is 9.77. The Morgan fingerprint density at radius 1 is 1.24 bits per heavy atom. The molecular formula is C21H23FN6O5. The van der Waals surface area contributed by atoms with Gasteiger partial charge in [0.1, 0.15) is 17.6 Å². The van der Waals surface area contributed by atoms with Crippen molar-refractivity contribution in [1.82, 2.24) is 20.3 Å². The van der Waals surface area contributed by atoms with E-state index in [1.807, 2.05) is 0 Å². The van der Waals surface area contributed by atoms with Crippen LogP contribution < -0.4 is 15.1 Å². The first-order chi connectivity index (χ1) is 15.9. The van der Waals surface area contributed by atoms with Crippen LogP contribution >= 0.6 is 0 Å². The predicted octanol–water partition coefficient (Wildman–Crippen LogP) is 0.971. The number of rotatable bonds is 5. The molecule has 1 N–H and O–H groups in total. The van der Waals surface area contributed by atoms with Crippen molar-refractivity contribution in [2.24, 2.45) is 0 Å². The monoisotopic (exact) mass is 458 g/mol. The smallest absolute Gasteiger partial charge is 0.414 e. The molecule has 174 valence electrons. The second-order valence-corrected chi connectivity index (χ2v) is 7.51. The third-order valence-electron chi connectivity index (χ3n) is 5.23. The van der Waals surface area contributed by atoms with Gasteiger partial charge in [0.05, 0.1) is 43.8 Å². The topological polar surface area (TPSA) is 117 Å². The van der Waals surface area contributed by atoms with E-state index in [0.29, 0.717) is 24.5 Å². The Morgan fingerprint density at radius 2 is 2.09 bits per heavy atom. The van der Waals surface area contributed by atoms with Gasteiger partial charge in [0.15, 0.2) is 0 Å². The fourth-order valence-corrected chi connectivity index (χ4v) is 3.60. The van der Waals surface area contributed by atoms with Crippen molar-refractivity contribution in [3.8, 4) is 0 Å². The number of hydrogen-bond acceptors (Lipinski definition) is 8. The molecule has 12 heteroatoms. The minimum atomic E-state index is -0.598. The van der Waals surface area contributed by atoms with Crippen LogP contribution in [0.3, 0.4) is 0 Å². The third kappa shape index (κ3) is 5.17. The first-order valence-corrected chi connectivity index (χ1v) is 10.4. The van der Waals surface area contributed by atoms with Crippen LogP contribution in [-0.4, -0.2) is 78.4 Å². The van der Waals surface area contributed by atoms with Gasteiger partial charge in [-0.05, 0) is 18.2 Å². The van der Waals surface area contributed by atoms with Crippen molar-refractivity contribution in [3.05, 3.63) is 48.3 Å². The highest BCUT2D eigenvalue weighted by Gasteiger charge is 2.33. The number of halogens is 1. The van der Waals surface area contributed by atoms with Crippen molar-refractivity contribution in [2.75, 3.05) is 49.1 Å². The van der Waals surface area contributed by atoms with Gasteiger partial charge in [0.2, 0.25) is 5.91 Å². The predicted molar refractivity (Wildman–Crippen MR) is 114 cm³/mol. The lowest BCUT2D eigenvalue weighted by molar-refractivity contribution is -0.119. The van der Waals surface area contributed by atoms with Gasteiger partial charge in [-0.25, -0.2) is 19.2 Å². The summed E-state index contributed by atoms with van der Waals surface area (Å²) >= 11 is 0. The fourth-order valence-electron chi connectivity index (χ4n) is 3.60. The van der Waals surface area contributed by atoms with Gasteiger partial charge in [0, 0.05) is 32.4 Å². The van der Waals surface area contributed by atoms with Gasteiger partial charge in [-0.1, -0.05) is 0 Å². The van der Waals surface area contributed by atoms with E-state index in [9.17, 15) is 14.4 Å². The quantitative estimate of drug-likeness (QED) is 0.705. The van der Waals surface area contributed by atoms with Crippen molar-refractivity contribution in [3.63, 3.8) is 0 Å². The van der Waals surface area contributed by atoms with Gasteiger partial charge in [-0.15, -0.1) is 0 Å². The van der Waals surface area contributed by atoms with Gasteiger partial charge in [-0.2, -0.15) is 0 Å². The molecule has 3 amide bonds. The summed E-state index contributed by atoms with van der Waals surface area (Å²) in [5.41, 5.74) is 0.853. The van der Waals surface area contributed by atoms with Crippen LogP contribution in [0, 0.1) is 5.82 Å². The molecule has 2 fully saturated rings. The third-order valence-corrected chi connectivity index (χ3v) is 5.23. The Labute approximate surface area is 189 Å². The van der Waals surface area contributed by atoms with E-state index in [1.54, 1.807) is 17.0 Å². The normalized spacial score (nSPS) is 18.7. The van der Waals surface area contributed by atoms with Crippen LogP contribution in [0.4, 0.5) is 20.6 Å². The Balaban J connectivity index is 1.40. The zero-order valence-electron chi connectivity index (χ0n) is 17.9. The lowest BCUT2D eigenvalue weighted by Crippen LogP contribution is -2.35. The molecular weight excluding hydrogens is 435 g/mol. The van der Waals surface area contributed by atoms with E-state index >= 15 is 4.39 Å². The van der Waals surface area contributed by atoms with Crippen molar-refractivity contribution < 1.29 is 28.3 Å². The zero-order chi connectivity index (χ0) is 23.4. The van der Waals surface area contributed by atoms with E-state index in [4.69, 9.17) is 9.57 Å². The molecule has 0 radical (unpaired) electrons. The molecule has 0 spiro atoms. The number of hydrogen-bond donors (Lipinski definition) is 1. The molecule has 0 saturated carbocycles. The summed E-state index contributed by atoms with van der Waals surface area (Å²) in [4.78, 5) is 52.3. The lowest BCUT2D eigenvalue weighted by atomic mass is 10.2. The minimum Gasteiger partial charge on any atom is -0.442 e. The van der Waals surface area contributed by atoms with E-state index in [-0.39, 0.29) is 37.8 Å². The lowest BCUT2D eigenvalue weighted by Gasteiger charge is -2.23. The van der Waals surface area contributed by atoms with Crippen LogP contribution in [0.1, 0.15) is 17.4 Å². The van der Waals surface area contributed by atoms with Crippen LogP contribution in [0.15, 0.2) is 36.8 Å².